The Kier molecular flexibility index (Phi) is 7.19. The summed E-state index contributed by atoms with van der Waals surface area (Å²) in [6.45, 7) is 5.25. The zero-order valence-electron chi connectivity index (χ0n) is 26.8. The number of allylic oxidation sites excluding steroid dienone is 1. The quantitative estimate of drug-likeness (QED) is 0.0672. The van der Waals surface area contributed by atoms with Gasteiger partial charge in [-0.2, -0.15) is 0 Å². The largest absolute Gasteiger partial charge is 0.384 e. The summed E-state index contributed by atoms with van der Waals surface area (Å²) < 4.78 is 0. The van der Waals surface area contributed by atoms with E-state index >= 15 is 0 Å². The maximum Gasteiger partial charge on any atom is 0.122 e. The highest BCUT2D eigenvalue weighted by molar-refractivity contribution is 6.28. The summed E-state index contributed by atoms with van der Waals surface area (Å²) in [5.74, 6) is 0.0667. The number of hydrogen-bond acceptors (Lipinski definition) is 1. The number of nitrogens with one attached hydrogen (secondary N) is 1. The van der Waals surface area contributed by atoms with E-state index in [9.17, 15) is 0 Å². The van der Waals surface area contributed by atoms with Gasteiger partial charge in [-0.15, -0.1) is 6.58 Å². The molecule has 0 saturated carbocycles. The van der Waals surface area contributed by atoms with Gasteiger partial charge in [0.15, 0.2) is 0 Å². The van der Waals surface area contributed by atoms with Crippen LogP contribution in [0.5, 0.6) is 0 Å². The first kappa shape index (κ1) is 29.2. The highest BCUT2D eigenvalue weighted by Gasteiger charge is 2.21. The number of rotatable bonds is 3. The second-order valence-electron chi connectivity index (χ2n) is 12.3. The van der Waals surface area contributed by atoms with Gasteiger partial charge in [0.1, 0.15) is 5.84 Å². The molecule has 0 unspecified atom stereocenters. The average molecular weight is 615 g/mol. The Morgan fingerprint density at radius 3 is 1.27 bits per heavy atom. The van der Waals surface area contributed by atoms with Crippen LogP contribution >= 0.6 is 0 Å². The molecule has 3 N–H and O–H groups in total. The molecule has 48 heavy (non-hydrogen) atoms. The fraction of sp³-hybridized carbons (Fsp3) is 0.0217. The summed E-state index contributed by atoms with van der Waals surface area (Å²) in [5.41, 5.74) is 11.6. The lowest BCUT2D eigenvalue weighted by molar-refractivity contribution is 1.43. The highest BCUT2D eigenvalue weighted by Crippen LogP contribution is 2.48. The molecule has 0 spiro atoms. The van der Waals surface area contributed by atoms with Gasteiger partial charge in [-0.05, 0) is 112 Å². The molecule has 0 bridgehead atoms. The highest BCUT2D eigenvalue weighted by atomic mass is 14.7. The second kappa shape index (κ2) is 11.8. The minimum Gasteiger partial charge on any atom is -0.384 e. The van der Waals surface area contributed by atoms with Crippen LogP contribution in [0.2, 0.25) is 0 Å². The normalized spacial score (nSPS) is 11.3. The van der Waals surface area contributed by atoms with Crippen molar-refractivity contribution in [2.24, 2.45) is 5.73 Å². The van der Waals surface area contributed by atoms with Gasteiger partial charge in [0.05, 0.1) is 0 Å². The molecule has 0 aliphatic rings. The van der Waals surface area contributed by atoms with Gasteiger partial charge >= 0.3 is 0 Å². The Morgan fingerprint density at radius 1 is 0.458 bits per heavy atom. The number of nitrogen functional groups attached to an aromatic ring is 1. The fourth-order valence-corrected chi connectivity index (χ4v) is 7.45. The molecular weight excluding hydrogens is 581 g/mol. The van der Waals surface area contributed by atoms with Crippen molar-refractivity contribution in [3.8, 4) is 22.3 Å². The van der Waals surface area contributed by atoms with Crippen molar-refractivity contribution in [2.75, 3.05) is 0 Å². The van der Waals surface area contributed by atoms with E-state index in [2.05, 4.69) is 152 Å². The monoisotopic (exact) mass is 614 g/mol. The third-order valence-electron chi connectivity index (χ3n) is 9.41. The fourth-order valence-electron chi connectivity index (χ4n) is 7.45. The minimum absolute atomic E-state index is 0.0667. The maximum atomic E-state index is 8.38. The molecule has 0 radical (unpaired) electrons. The third kappa shape index (κ3) is 4.61. The molecule has 9 rings (SSSR count). The van der Waals surface area contributed by atoms with Crippen molar-refractivity contribution in [1.82, 2.24) is 0 Å². The van der Waals surface area contributed by atoms with E-state index in [1.54, 1.807) is 6.08 Å². The van der Waals surface area contributed by atoms with Crippen molar-refractivity contribution in [1.29, 1.82) is 5.41 Å². The molecule has 0 aliphatic heterocycles. The zero-order chi connectivity index (χ0) is 32.8. The third-order valence-corrected chi connectivity index (χ3v) is 9.41. The number of hydrogen-bond donors (Lipinski definition) is 2. The lowest BCUT2D eigenvalue weighted by atomic mass is 9.82. The van der Waals surface area contributed by atoms with Crippen molar-refractivity contribution >= 4 is 70.5 Å². The van der Waals surface area contributed by atoms with Crippen molar-refractivity contribution in [2.45, 2.75) is 6.92 Å². The summed E-state index contributed by atoms with van der Waals surface area (Å²) in [5, 5.41) is 22.8. The van der Waals surface area contributed by atoms with E-state index in [0.29, 0.717) is 0 Å². The van der Waals surface area contributed by atoms with Gasteiger partial charge in [0, 0.05) is 5.56 Å². The van der Waals surface area contributed by atoms with Crippen LogP contribution in [0.15, 0.2) is 164 Å². The first-order chi connectivity index (χ1) is 23.6. The first-order valence-corrected chi connectivity index (χ1v) is 16.3. The molecule has 2 heteroatoms. The smallest absolute Gasteiger partial charge is 0.122 e. The van der Waals surface area contributed by atoms with Gasteiger partial charge < -0.3 is 5.73 Å². The molecule has 0 heterocycles. The lowest BCUT2D eigenvalue weighted by Crippen LogP contribution is -2.10. The van der Waals surface area contributed by atoms with E-state index < -0.39 is 0 Å². The summed E-state index contributed by atoms with van der Waals surface area (Å²) in [6, 6.07) is 54.5. The summed E-state index contributed by atoms with van der Waals surface area (Å²) in [6.07, 6.45) is 1.75. The number of benzene rings is 9. The van der Waals surface area contributed by atoms with Crippen molar-refractivity contribution in [3.63, 3.8) is 0 Å². The standard InChI is InChI=1S/C43H28N2.C3H6/c44-43(45)28-21-22-37-40(25-28)42(39-24-27-12-2-4-14-30(27)32-16-6-8-18-34(32)39)36-20-10-9-19-35(36)41(37)38-23-26-11-1-3-13-29(26)31-15-5-7-17-33(31)38;1-3-2/h1-25H,(H3,44,45);3H,1H2,2H3. The molecule has 0 saturated heterocycles. The van der Waals surface area contributed by atoms with E-state index in [1.165, 1.54) is 76.1 Å². The molecule has 2 nitrogen and oxygen atoms in total. The minimum atomic E-state index is 0.0667. The SMILES string of the molecule is C=CC.N=C(N)c1ccc2c(-c3cc4ccccc4c4ccccc34)c3ccccc3c(-c3cc4ccccc4c4ccccc34)c2c1. The Balaban J connectivity index is 0.00000108. The summed E-state index contributed by atoms with van der Waals surface area (Å²) in [4.78, 5) is 0. The van der Waals surface area contributed by atoms with Crippen LogP contribution in [0.25, 0.3) is 86.9 Å². The van der Waals surface area contributed by atoms with Gasteiger partial charge in [-0.3, -0.25) is 5.41 Å². The molecular formula is C46H34N2. The molecule has 0 atom stereocenters. The van der Waals surface area contributed by atoms with E-state index in [4.69, 9.17) is 11.1 Å². The van der Waals surface area contributed by atoms with Crippen LogP contribution in [0.4, 0.5) is 0 Å². The maximum absolute atomic E-state index is 8.38. The van der Waals surface area contributed by atoms with Gasteiger partial charge in [0.25, 0.3) is 0 Å². The van der Waals surface area contributed by atoms with Crippen LogP contribution < -0.4 is 5.73 Å². The Labute approximate surface area is 279 Å². The molecule has 0 amide bonds. The molecule has 0 aromatic heterocycles. The van der Waals surface area contributed by atoms with Crippen molar-refractivity contribution in [3.05, 3.63) is 170 Å². The van der Waals surface area contributed by atoms with Crippen molar-refractivity contribution < 1.29 is 0 Å². The van der Waals surface area contributed by atoms with Gasteiger partial charge in [-0.1, -0.05) is 140 Å². The van der Waals surface area contributed by atoms with E-state index in [1.807, 2.05) is 13.0 Å². The predicted molar refractivity (Wildman–Crippen MR) is 209 cm³/mol. The Bertz CT molecular complexity index is 2730. The second-order valence-corrected chi connectivity index (χ2v) is 12.3. The molecule has 228 valence electrons. The van der Waals surface area contributed by atoms with Crippen LogP contribution in [-0.2, 0) is 0 Å². The van der Waals surface area contributed by atoms with Crippen LogP contribution in [0.3, 0.4) is 0 Å². The number of fused-ring (bicyclic) bond motifs is 8. The number of amidine groups is 1. The molecule has 9 aromatic rings. The molecule has 9 aromatic carbocycles. The lowest BCUT2D eigenvalue weighted by Gasteiger charge is -2.21. The van der Waals surface area contributed by atoms with E-state index in [0.717, 1.165) is 16.3 Å². The van der Waals surface area contributed by atoms with Crippen LogP contribution in [0, 0.1) is 5.41 Å². The summed E-state index contributed by atoms with van der Waals surface area (Å²) in [7, 11) is 0. The topological polar surface area (TPSA) is 49.9 Å². The first-order valence-electron chi connectivity index (χ1n) is 16.3. The van der Waals surface area contributed by atoms with Crippen LogP contribution in [0.1, 0.15) is 12.5 Å². The van der Waals surface area contributed by atoms with Gasteiger partial charge in [-0.25, -0.2) is 0 Å². The van der Waals surface area contributed by atoms with Crippen LogP contribution in [-0.4, -0.2) is 5.84 Å². The number of nitrogens with two attached hydrogens (primary N) is 1. The Hall–Kier alpha value is -6.25. The van der Waals surface area contributed by atoms with E-state index in [-0.39, 0.29) is 5.84 Å². The molecule has 0 fully saturated rings. The summed E-state index contributed by atoms with van der Waals surface area (Å²) >= 11 is 0. The zero-order valence-corrected chi connectivity index (χ0v) is 26.8. The molecule has 0 aliphatic carbocycles. The van der Waals surface area contributed by atoms with Gasteiger partial charge in [0.2, 0.25) is 0 Å². The predicted octanol–water partition coefficient (Wildman–Crippen LogP) is 12.4. The average Bonchev–Trinajstić information content (AvgIpc) is 3.13. The Morgan fingerprint density at radius 2 is 0.812 bits per heavy atom.